The van der Waals surface area contributed by atoms with Gasteiger partial charge in [0.25, 0.3) is 0 Å². The third kappa shape index (κ3) is 4.49. The van der Waals surface area contributed by atoms with Gasteiger partial charge in [0, 0.05) is 31.7 Å². The molecule has 0 fully saturated rings. The third-order valence-corrected chi connectivity index (χ3v) is 2.37. The Hall–Kier alpha value is -1.36. The van der Waals surface area contributed by atoms with Crippen molar-refractivity contribution in [3.63, 3.8) is 0 Å². The fourth-order valence-corrected chi connectivity index (χ4v) is 1.43. The predicted octanol–water partition coefficient (Wildman–Crippen LogP) is 2.26. The second-order valence-electron chi connectivity index (χ2n) is 5.16. The minimum Gasteiger partial charge on any atom is -0.383 e. The van der Waals surface area contributed by atoms with Crippen molar-refractivity contribution in [3.05, 3.63) is 11.9 Å². The summed E-state index contributed by atoms with van der Waals surface area (Å²) in [6, 6.07) is 1.92. The fraction of sp³-hybridized carbons (Fsp3) is 0.692. The summed E-state index contributed by atoms with van der Waals surface area (Å²) in [6.45, 7) is 10.6. The molecule has 2 N–H and O–H groups in total. The number of methoxy groups -OCH3 is 1. The van der Waals surface area contributed by atoms with Crippen molar-refractivity contribution in [2.45, 2.75) is 33.1 Å². The fourth-order valence-electron chi connectivity index (χ4n) is 1.43. The van der Waals surface area contributed by atoms with E-state index in [0.717, 1.165) is 30.5 Å². The first kappa shape index (κ1) is 14.7. The van der Waals surface area contributed by atoms with Crippen LogP contribution >= 0.6 is 0 Å². The summed E-state index contributed by atoms with van der Waals surface area (Å²) in [5, 5.41) is 6.47. The molecule has 18 heavy (non-hydrogen) atoms. The molecule has 1 heterocycles. The lowest BCUT2D eigenvalue weighted by Crippen LogP contribution is -2.19. The molecular formula is C13H24N4O. The number of anilines is 2. The topological polar surface area (TPSA) is 59.1 Å². The Morgan fingerprint density at radius 2 is 1.78 bits per heavy atom. The summed E-state index contributed by atoms with van der Waals surface area (Å²) in [5.41, 5.74) is -0.0664. The minimum atomic E-state index is -0.0664. The number of hydrogen-bond donors (Lipinski definition) is 2. The Morgan fingerprint density at radius 3 is 2.28 bits per heavy atom. The highest BCUT2D eigenvalue weighted by molar-refractivity contribution is 5.48. The van der Waals surface area contributed by atoms with Crippen molar-refractivity contribution in [1.29, 1.82) is 0 Å². The molecule has 1 aromatic heterocycles. The molecule has 0 amide bonds. The van der Waals surface area contributed by atoms with E-state index in [-0.39, 0.29) is 5.41 Å². The van der Waals surface area contributed by atoms with Crippen LogP contribution in [-0.4, -0.2) is 36.8 Å². The summed E-state index contributed by atoms with van der Waals surface area (Å²) in [5.74, 6) is 2.53. The van der Waals surface area contributed by atoms with Crippen molar-refractivity contribution in [1.82, 2.24) is 9.97 Å². The highest BCUT2D eigenvalue weighted by atomic mass is 16.5. The number of hydrogen-bond acceptors (Lipinski definition) is 5. The normalized spacial score (nSPS) is 11.4. The van der Waals surface area contributed by atoms with E-state index in [0.29, 0.717) is 6.61 Å². The van der Waals surface area contributed by atoms with E-state index in [1.807, 2.05) is 6.07 Å². The molecule has 0 unspecified atom stereocenters. The molecule has 0 bridgehead atoms. The van der Waals surface area contributed by atoms with E-state index in [2.05, 4.69) is 48.3 Å². The molecule has 0 aromatic carbocycles. The maximum absolute atomic E-state index is 5.02. The van der Waals surface area contributed by atoms with Crippen molar-refractivity contribution < 1.29 is 4.74 Å². The van der Waals surface area contributed by atoms with Gasteiger partial charge in [-0.05, 0) is 6.92 Å². The summed E-state index contributed by atoms with van der Waals surface area (Å²) in [6.07, 6.45) is 0. The van der Waals surface area contributed by atoms with E-state index in [1.54, 1.807) is 7.11 Å². The molecule has 5 nitrogen and oxygen atoms in total. The van der Waals surface area contributed by atoms with Gasteiger partial charge in [0.2, 0.25) is 0 Å². The molecule has 0 aliphatic carbocycles. The van der Waals surface area contributed by atoms with Crippen molar-refractivity contribution >= 4 is 11.6 Å². The number of aromatic nitrogens is 2. The number of ether oxygens (including phenoxy) is 1. The van der Waals surface area contributed by atoms with Gasteiger partial charge < -0.3 is 15.4 Å². The molecule has 102 valence electrons. The van der Waals surface area contributed by atoms with E-state index in [4.69, 9.17) is 4.74 Å². The lowest BCUT2D eigenvalue weighted by molar-refractivity contribution is 0.210. The molecule has 0 aliphatic heterocycles. The van der Waals surface area contributed by atoms with Crippen LogP contribution in [0.1, 0.15) is 33.5 Å². The summed E-state index contributed by atoms with van der Waals surface area (Å²) >= 11 is 0. The number of nitrogens with zero attached hydrogens (tertiary/aromatic N) is 2. The predicted molar refractivity (Wildman–Crippen MR) is 75.3 cm³/mol. The van der Waals surface area contributed by atoms with Gasteiger partial charge in [-0.1, -0.05) is 20.8 Å². The Balaban J connectivity index is 2.91. The molecule has 1 aromatic rings. The van der Waals surface area contributed by atoms with Gasteiger partial charge in [-0.3, -0.25) is 0 Å². The van der Waals surface area contributed by atoms with E-state index >= 15 is 0 Å². The van der Waals surface area contributed by atoms with Gasteiger partial charge in [0.15, 0.2) is 0 Å². The SMILES string of the molecule is CCNc1cc(NCCOC)nc(C(C)(C)C)n1. The van der Waals surface area contributed by atoms with Crippen molar-refractivity contribution in [2.75, 3.05) is 37.4 Å². The van der Waals surface area contributed by atoms with E-state index in [1.165, 1.54) is 0 Å². The zero-order valence-corrected chi connectivity index (χ0v) is 12.0. The summed E-state index contributed by atoms with van der Waals surface area (Å²) in [4.78, 5) is 9.07. The van der Waals surface area contributed by atoms with Gasteiger partial charge in [-0.25, -0.2) is 9.97 Å². The van der Waals surface area contributed by atoms with Crippen LogP contribution in [0, 0.1) is 0 Å². The zero-order chi connectivity index (χ0) is 13.6. The average Bonchev–Trinajstić information content (AvgIpc) is 2.28. The van der Waals surface area contributed by atoms with Crippen LogP contribution in [0.2, 0.25) is 0 Å². The molecule has 0 saturated heterocycles. The first-order valence-electron chi connectivity index (χ1n) is 6.33. The van der Waals surface area contributed by atoms with E-state index in [9.17, 15) is 0 Å². The van der Waals surface area contributed by atoms with Crippen LogP contribution in [0.15, 0.2) is 6.07 Å². The van der Waals surface area contributed by atoms with Gasteiger partial charge in [-0.15, -0.1) is 0 Å². The smallest absolute Gasteiger partial charge is 0.138 e. The van der Waals surface area contributed by atoms with Gasteiger partial charge in [0.1, 0.15) is 17.5 Å². The third-order valence-electron chi connectivity index (χ3n) is 2.37. The van der Waals surface area contributed by atoms with E-state index < -0.39 is 0 Å². The molecule has 0 radical (unpaired) electrons. The summed E-state index contributed by atoms with van der Waals surface area (Å²) in [7, 11) is 1.69. The second-order valence-corrected chi connectivity index (χ2v) is 5.16. The van der Waals surface area contributed by atoms with Gasteiger partial charge in [0.05, 0.1) is 6.61 Å². The first-order chi connectivity index (χ1) is 8.47. The quantitative estimate of drug-likeness (QED) is 0.761. The van der Waals surface area contributed by atoms with Crippen LogP contribution < -0.4 is 10.6 Å². The number of rotatable bonds is 6. The Bertz CT molecular complexity index is 374. The van der Waals surface area contributed by atoms with Crippen LogP contribution in [0.25, 0.3) is 0 Å². The largest absolute Gasteiger partial charge is 0.383 e. The molecule has 5 heteroatoms. The second kappa shape index (κ2) is 6.54. The molecular weight excluding hydrogens is 228 g/mol. The molecule has 0 atom stereocenters. The van der Waals surface area contributed by atoms with Crippen molar-refractivity contribution in [3.8, 4) is 0 Å². The molecule has 0 aliphatic rings. The average molecular weight is 252 g/mol. The minimum absolute atomic E-state index is 0.0664. The highest BCUT2D eigenvalue weighted by Gasteiger charge is 2.18. The van der Waals surface area contributed by atoms with Crippen molar-refractivity contribution in [2.24, 2.45) is 0 Å². The van der Waals surface area contributed by atoms with Gasteiger partial charge >= 0.3 is 0 Å². The lowest BCUT2D eigenvalue weighted by atomic mass is 9.96. The zero-order valence-electron chi connectivity index (χ0n) is 12.0. The number of nitrogens with one attached hydrogen (secondary N) is 2. The van der Waals surface area contributed by atoms with Crippen LogP contribution in [-0.2, 0) is 10.2 Å². The molecule has 0 spiro atoms. The Labute approximate surface area is 109 Å². The monoisotopic (exact) mass is 252 g/mol. The maximum Gasteiger partial charge on any atom is 0.138 e. The van der Waals surface area contributed by atoms with Crippen LogP contribution in [0.3, 0.4) is 0 Å². The van der Waals surface area contributed by atoms with Crippen LogP contribution in [0.4, 0.5) is 11.6 Å². The van der Waals surface area contributed by atoms with Gasteiger partial charge in [-0.2, -0.15) is 0 Å². The first-order valence-corrected chi connectivity index (χ1v) is 6.33. The highest BCUT2D eigenvalue weighted by Crippen LogP contribution is 2.22. The maximum atomic E-state index is 5.02. The standard InChI is InChI=1S/C13H24N4O/c1-6-14-10-9-11(15-7-8-18-5)17-12(16-10)13(2,3)4/h9H,6-8H2,1-5H3,(H2,14,15,16,17). The molecule has 1 rings (SSSR count). The summed E-state index contributed by atoms with van der Waals surface area (Å²) < 4.78 is 5.02. The van der Waals surface area contributed by atoms with Crippen LogP contribution in [0.5, 0.6) is 0 Å². The molecule has 0 saturated carbocycles. The Morgan fingerprint density at radius 1 is 1.17 bits per heavy atom. The Kier molecular flexibility index (Phi) is 5.34. The lowest BCUT2D eigenvalue weighted by Gasteiger charge is -2.19.